The zero-order valence-electron chi connectivity index (χ0n) is 12.1. The van der Waals surface area contributed by atoms with Gasteiger partial charge in [-0.25, -0.2) is 0 Å². The van der Waals surface area contributed by atoms with Gasteiger partial charge < -0.3 is 9.84 Å². The highest BCUT2D eigenvalue weighted by Gasteiger charge is 2.37. The molecular formula is C19H20O2. The van der Waals surface area contributed by atoms with Crippen LogP contribution in [0.15, 0.2) is 42.5 Å². The molecule has 2 aromatic rings. The molecule has 4 rings (SSSR count). The molecule has 21 heavy (non-hydrogen) atoms. The lowest BCUT2D eigenvalue weighted by Gasteiger charge is -2.36. The molecular weight excluding hydrogens is 260 g/mol. The van der Waals surface area contributed by atoms with E-state index in [1.807, 2.05) is 6.07 Å². The minimum absolute atomic E-state index is 0.684. The van der Waals surface area contributed by atoms with Gasteiger partial charge in [0.1, 0.15) is 5.75 Å². The molecule has 2 heteroatoms. The highest BCUT2D eigenvalue weighted by Crippen LogP contribution is 2.42. The zero-order chi connectivity index (χ0) is 14.3. The molecule has 2 nitrogen and oxygen atoms in total. The van der Waals surface area contributed by atoms with Gasteiger partial charge in [-0.3, -0.25) is 0 Å². The Morgan fingerprint density at radius 1 is 0.905 bits per heavy atom. The lowest BCUT2D eigenvalue weighted by molar-refractivity contribution is 0.0189. The fraction of sp³-hybridized carbons (Fsp3) is 0.368. The molecule has 0 aromatic heterocycles. The van der Waals surface area contributed by atoms with E-state index in [0.29, 0.717) is 6.42 Å². The van der Waals surface area contributed by atoms with Gasteiger partial charge in [0.2, 0.25) is 0 Å². The van der Waals surface area contributed by atoms with Crippen molar-refractivity contribution in [2.45, 2.75) is 37.7 Å². The monoisotopic (exact) mass is 280 g/mol. The van der Waals surface area contributed by atoms with Crippen molar-refractivity contribution in [1.29, 1.82) is 0 Å². The fourth-order valence-corrected chi connectivity index (χ4v) is 3.70. The third kappa shape index (κ3) is 2.14. The minimum Gasteiger partial charge on any atom is -0.493 e. The van der Waals surface area contributed by atoms with Crippen LogP contribution in [0.5, 0.6) is 5.75 Å². The van der Waals surface area contributed by atoms with E-state index >= 15 is 0 Å². The molecule has 0 spiro atoms. The van der Waals surface area contributed by atoms with Gasteiger partial charge in [-0.15, -0.1) is 0 Å². The zero-order valence-corrected chi connectivity index (χ0v) is 12.1. The van der Waals surface area contributed by atoms with Crippen molar-refractivity contribution < 1.29 is 9.84 Å². The second-order valence-electron chi connectivity index (χ2n) is 6.22. The average Bonchev–Trinajstić information content (AvgIpc) is 2.54. The third-order valence-electron chi connectivity index (χ3n) is 4.84. The van der Waals surface area contributed by atoms with Crippen LogP contribution in [-0.4, -0.2) is 11.7 Å². The van der Waals surface area contributed by atoms with E-state index in [4.69, 9.17) is 4.74 Å². The summed E-state index contributed by atoms with van der Waals surface area (Å²) in [5, 5.41) is 11.3. The molecule has 0 saturated heterocycles. The van der Waals surface area contributed by atoms with E-state index in [2.05, 4.69) is 36.4 Å². The Balaban J connectivity index is 1.77. The van der Waals surface area contributed by atoms with Crippen LogP contribution in [0.1, 0.15) is 35.1 Å². The molecule has 2 aromatic carbocycles. The molecule has 0 amide bonds. The number of hydrogen-bond acceptors (Lipinski definition) is 2. The molecule has 0 bridgehead atoms. The maximum absolute atomic E-state index is 11.3. The molecule has 1 aliphatic carbocycles. The maximum atomic E-state index is 11.3. The summed E-state index contributed by atoms with van der Waals surface area (Å²) in [6, 6.07) is 14.7. The van der Waals surface area contributed by atoms with E-state index in [-0.39, 0.29) is 0 Å². The van der Waals surface area contributed by atoms with Gasteiger partial charge in [-0.2, -0.15) is 0 Å². The number of ether oxygens (including phenoxy) is 1. The van der Waals surface area contributed by atoms with Gasteiger partial charge in [-0.05, 0) is 42.4 Å². The smallest absolute Gasteiger partial charge is 0.128 e. The van der Waals surface area contributed by atoms with Gasteiger partial charge >= 0.3 is 0 Å². The van der Waals surface area contributed by atoms with Gasteiger partial charge in [0, 0.05) is 12.0 Å². The Bertz CT molecular complexity index is 677. The largest absolute Gasteiger partial charge is 0.493 e. The average molecular weight is 280 g/mol. The van der Waals surface area contributed by atoms with Crippen LogP contribution in [0.4, 0.5) is 0 Å². The number of para-hydroxylation sites is 1. The van der Waals surface area contributed by atoms with Crippen LogP contribution in [0, 0.1) is 0 Å². The highest BCUT2D eigenvalue weighted by molar-refractivity contribution is 5.48. The summed E-state index contributed by atoms with van der Waals surface area (Å²) >= 11 is 0. The van der Waals surface area contributed by atoms with Crippen molar-refractivity contribution in [2.75, 3.05) is 6.61 Å². The summed E-state index contributed by atoms with van der Waals surface area (Å²) in [6.07, 6.45) is 4.50. The van der Waals surface area contributed by atoms with E-state index in [9.17, 15) is 5.11 Å². The summed E-state index contributed by atoms with van der Waals surface area (Å²) in [6.45, 7) is 0.761. The first-order valence-corrected chi connectivity index (χ1v) is 7.81. The molecule has 1 unspecified atom stereocenters. The predicted molar refractivity (Wildman–Crippen MR) is 82.6 cm³/mol. The maximum Gasteiger partial charge on any atom is 0.128 e. The molecule has 1 heterocycles. The Morgan fingerprint density at radius 3 is 2.62 bits per heavy atom. The van der Waals surface area contributed by atoms with E-state index in [1.54, 1.807) is 0 Å². The molecule has 108 valence electrons. The molecule has 0 radical (unpaired) electrons. The van der Waals surface area contributed by atoms with Crippen LogP contribution in [0.3, 0.4) is 0 Å². The second kappa shape index (κ2) is 4.88. The molecule has 1 N–H and O–H groups in total. The van der Waals surface area contributed by atoms with Crippen molar-refractivity contribution >= 4 is 0 Å². The second-order valence-corrected chi connectivity index (χ2v) is 6.22. The van der Waals surface area contributed by atoms with Crippen molar-refractivity contribution in [2.24, 2.45) is 0 Å². The van der Waals surface area contributed by atoms with Crippen molar-refractivity contribution in [1.82, 2.24) is 0 Å². The first-order chi connectivity index (χ1) is 10.3. The van der Waals surface area contributed by atoms with Crippen molar-refractivity contribution in [3.05, 3.63) is 64.7 Å². The van der Waals surface area contributed by atoms with Gasteiger partial charge in [-0.1, -0.05) is 42.5 Å². The Morgan fingerprint density at radius 2 is 1.71 bits per heavy atom. The summed E-state index contributed by atoms with van der Waals surface area (Å²) in [5.74, 6) is 0.936. The SMILES string of the molecule is OC1(c2cccc3c2OCCC3)CCc2ccccc2C1. The normalized spacial score (nSPS) is 23.9. The third-order valence-corrected chi connectivity index (χ3v) is 4.84. The predicted octanol–water partition coefficient (Wildman–Crippen LogP) is 3.39. The number of fused-ring (bicyclic) bond motifs is 2. The lowest BCUT2D eigenvalue weighted by Crippen LogP contribution is -2.34. The van der Waals surface area contributed by atoms with Crippen LogP contribution in [0.2, 0.25) is 0 Å². The number of rotatable bonds is 1. The highest BCUT2D eigenvalue weighted by atomic mass is 16.5. The van der Waals surface area contributed by atoms with E-state index < -0.39 is 5.60 Å². The molecule has 0 saturated carbocycles. The van der Waals surface area contributed by atoms with Gasteiger partial charge in [0.15, 0.2) is 0 Å². The minimum atomic E-state index is -0.795. The number of benzene rings is 2. The summed E-state index contributed by atoms with van der Waals surface area (Å²) in [4.78, 5) is 0. The van der Waals surface area contributed by atoms with Crippen molar-refractivity contribution in [3.8, 4) is 5.75 Å². The summed E-state index contributed by atoms with van der Waals surface area (Å²) < 4.78 is 5.90. The summed E-state index contributed by atoms with van der Waals surface area (Å²) in [7, 11) is 0. The molecule has 1 atom stereocenters. The standard InChI is InChI=1S/C19H20O2/c20-19(11-10-14-5-1-2-6-16(14)13-19)17-9-3-7-15-8-4-12-21-18(15)17/h1-3,5-7,9,20H,4,8,10-13H2. The van der Waals surface area contributed by atoms with Crippen LogP contribution in [-0.2, 0) is 24.9 Å². The molecule has 0 fully saturated rings. The number of hydrogen-bond donors (Lipinski definition) is 1. The lowest BCUT2D eigenvalue weighted by atomic mass is 9.75. The fourth-order valence-electron chi connectivity index (χ4n) is 3.70. The number of aliphatic hydroxyl groups is 1. The van der Waals surface area contributed by atoms with Crippen molar-refractivity contribution in [3.63, 3.8) is 0 Å². The van der Waals surface area contributed by atoms with E-state index in [1.165, 1.54) is 16.7 Å². The quantitative estimate of drug-likeness (QED) is 0.867. The Kier molecular flexibility index (Phi) is 3.00. The summed E-state index contributed by atoms with van der Waals surface area (Å²) in [5.41, 5.74) is 4.06. The topological polar surface area (TPSA) is 29.5 Å². The van der Waals surface area contributed by atoms with E-state index in [0.717, 1.165) is 43.6 Å². The van der Waals surface area contributed by atoms with Crippen LogP contribution >= 0.6 is 0 Å². The van der Waals surface area contributed by atoms with Crippen LogP contribution in [0.25, 0.3) is 0 Å². The molecule has 2 aliphatic rings. The Hall–Kier alpha value is -1.80. The van der Waals surface area contributed by atoms with Gasteiger partial charge in [0.05, 0.1) is 12.2 Å². The van der Waals surface area contributed by atoms with Crippen LogP contribution < -0.4 is 4.74 Å². The first kappa shape index (κ1) is 12.9. The number of aryl methyl sites for hydroxylation is 2. The first-order valence-electron chi connectivity index (χ1n) is 7.81. The Labute approximate surface area is 125 Å². The van der Waals surface area contributed by atoms with Gasteiger partial charge in [0.25, 0.3) is 0 Å². The molecule has 1 aliphatic heterocycles.